The Bertz CT molecular complexity index is 487. The molecular formula is C17H29IN4O. The summed E-state index contributed by atoms with van der Waals surface area (Å²) >= 11 is 0. The van der Waals surface area contributed by atoms with E-state index in [1.54, 1.807) is 6.07 Å². The van der Waals surface area contributed by atoms with Gasteiger partial charge < -0.3 is 20.2 Å². The van der Waals surface area contributed by atoms with E-state index < -0.39 is 0 Å². The fourth-order valence-electron chi connectivity index (χ4n) is 2.80. The first-order chi connectivity index (χ1) is 10.8. The zero-order chi connectivity index (χ0) is 15.8. The van der Waals surface area contributed by atoms with Crippen molar-refractivity contribution in [1.82, 2.24) is 10.2 Å². The summed E-state index contributed by atoms with van der Waals surface area (Å²) in [4.78, 5) is 8.91. The summed E-state index contributed by atoms with van der Waals surface area (Å²) in [5, 5.41) is 13.4. The minimum atomic E-state index is 0. The SMILES string of the molecule is CCCCCNC(=NC)N1CCN(c2ccccc2O)CC1.I. The van der Waals surface area contributed by atoms with Crippen LogP contribution in [0.4, 0.5) is 5.69 Å². The number of guanidine groups is 1. The zero-order valence-electron chi connectivity index (χ0n) is 14.2. The molecule has 0 unspecified atom stereocenters. The summed E-state index contributed by atoms with van der Waals surface area (Å²) in [5.41, 5.74) is 0.924. The fourth-order valence-corrected chi connectivity index (χ4v) is 2.80. The highest BCUT2D eigenvalue weighted by Crippen LogP contribution is 2.27. The topological polar surface area (TPSA) is 51.1 Å². The molecule has 0 spiro atoms. The van der Waals surface area contributed by atoms with Crippen molar-refractivity contribution < 1.29 is 5.11 Å². The van der Waals surface area contributed by atoms with E-state index in [1.807, 2.05) is 25.2 Å². The molecule has 1 fully saturated rings. The molecular weight excluding hydrogens is 403 g/mol. The van der Waals surface area contributed by atoms with Crippen LogP contribution in [-0.2, 0) is 0 Å². The second-order valence-electron chi connectivity index (χ2n) is 5.64. The van der Waals surface area contributed by atoms with E-state index in [2.05, 4.69) is 27.0 Å². The van der Waals surface area contributed by atoms with E-state index in [0.29, 0.717) is 5.75 Å². The summed E-state index contributed by atoms with van der Waals surface area (Å²) in [6, 6.07) is 7.55. The second-order valence-corrected chi connectivity index (χ2v) is 5.64. The van der Waals surface area contributed by atoms with E-state index in [4.69, 9.17) is 0 Å². The first-order valence-corrected chi connectivity index (χ1v) is 8.24. The number of anilines is 1. The van der Waals surface area contributed by atoms with Crippen LogP contribution in [0.3, 0.4) is 0 Å². The second kappa shape index (κ2) is 10.6. The van der Waals surface area contributed by atoms with Crippen molar-refractivity contribution >= 4 is 35.6 Å². The maximum absolute atomic E-state index is 9.96. The van der Waals surface area contributed by atoms with Crippen LogP contribution in [0, 0.1) is 0 Å². The lowest BCUT2D eigenvalue weighted by molar-refractivity contribution is 0.369. The number of halogens is 1. The summed E-state index contributed by atoms with van der Waals surface area (Å²) in [6.45, 7) is 6.83. The van der Waals surface area contributed by atoms with Crippen molar-refractivity contribution in [2.75, 3.05) is 44.7 Å². The molecule has 0 aliphatic carbocycles. The van der Waals surface area contributed by atoms with Gasteiger partial charge in [-0.25, -0.2) is 0 Å². The summed E-state index contributed by atoms with van der Waals surface area (Å²) in [5.74, 6) is 1.35. The van der Waals surface area contributed by atoms with Crippen molar-refractivity contribution in [2.45, 2.75) is 26.2 Å². The third-order valence-electron chi connectivity index (χ3n) is 4.08. The van der Waals surface area contributed by atoms with E-state index in [1.165, 1.54) is 19.3 Å². The fraction of sp³-hybridized carbons (Fsp3) is 0.588. The number of aromatic hydroxyl groups is 1. The molecule has 2 N–H and O–H groups in total. The normalized spacial score (nSPS) is 15.3. The van der Waals surface area contributed by atoms with Gasteiger partial charge in [0.05, 0.1) is 5.69 Å². The molecule has 6 heteroatoms. The highest BCUT2D eigenvalue weighted by atomic mass is 127. The molecule has 0 aromatic heterocycles. The van der Waals surface area contributed by atoms with E-state index >= 15 is 0 Å². The number of phenols is 1. The first kappa shape index (κ1) is 19.9. The summed E-state index contributed by atoms with van der Waals surface area (Å²) in [7, 11) is 1.84. The molecule has 0 bridgehead atoms. The average Bonchev–Trinajstić information content (AvgIpc) is 2.56. The van der Waals surface area contributed by atoms with Crippen molar-refractivity contribution in [3.63, 3.8) is 0 Å². The standard InChI is InChI=1S/C17H28N4O.HI/c1-3-4-7-10-19-17(18-2)21-13-11-20(12-14-21)15-8-5-6-9-16(15)22;/h5-6,8-9,22H,3-4,7,10-14H2,1-2H3,(H,18,19);1H. The Morgan fingerprint density at radius 1 is 1.17 bits per heavy atom. The van der Waals surface area contributed by atoms with Gasteiger partial charge in [0, 0.05) is 39.8 Å². The predicted molar refractivity (Wildman–Crippen MR) is 108 cm³/mol. The van der Waals surface area contributed by atoms with Gasteiger partial charge >= 0.3 is 0 Å². The number of piperazine rings is 1. The number of aliphatic imine (C=N–C) groups is 1. The minimum Gasteiger partial charge on any atom is -0.506 e. The molecule has 1 aromatic carbocycles. The lowest BCUT2D eigenvalue weighted by Gasteiger charge is -2.37. The van der Waals surface area contributed by atoms with Crippen LogP contribution < -0.4 is 10.2 Å². The van der Waals surface area contributed by atoms with Crippen LogP contribution in [0.5, 0.6) is 5.75 Å². The molecule has 1 aliphatic heterocycles. The van der Waals surface area contributed by atoms with Gasteiger partial charge in [0.15, 0.2) is 5.96 Å². The van der Waals surface area contributed by atoms with E-state index in [0.717, 1.165) is 44.4 Å². The predicted octanol–water partition coefficient (Wildman–Crippen LogP) is 2.90. The molecule has 0 saturated carbocycles. The Morgan fingerprint density at radius 2 is 1.87 bits per heavy atom. The number of rotatable bonds is 5. The van der Waals surface area contributed by atoms with Gasteiger partial charge in [0.1, 0.15) is 5.75 Å². The van der Waals surface area contributed by atoms with E-state index in [9.17, 15) is 5.11 Å². The first-order valence-electron chi connectivity index (χ1n) is 8.24. The zero-order valence-corrected chi connectivity index (χ0v) is 16.5. The molecule has 130 valence electrons. The minimum absolute atomic E-state index is 0. The molecule has 1 aliphatic rings. The van der Waals surface area contributed by atoms with Crippen LogP contribution in [0.1, 0.15) is 26.2 Å². The lowest BCUT2D eigenvalue weighted by Crippen LogP contribution is -2.52. The Labute approximate surface area is 156 Å². The maximum atomic E-state index is 9.96. The van der Waals surface area contributed by atoms with Gasteiger partial charge in [-0.2, -0.15) is 0 Å². The maximum Gasteiger partial charge on any atom is 0.193 e. The van der Waals surface area contributed by atoms with Crippen LogP contribution in [0.25, 0.3) is 0 Å². The third-order valence-corrected chi connectivity index (χ3v) is 4.08. The number of nitrogens with one attached hydrogen (secondary N) is 1. The number of phenolic OH excluding ortho intramolecular Hbond substituents is 1. The Balaban J connectivity index is 0.00000264. The van der Waals surface area contributed by atoms with Gasteiger partial charge in [-0.05, 0) is 18.6 Å². The van der Waals surface area contributed by atoms with Crippen LogP contribution >= 0.6 is 24.0 Å². The molecule has 1 aromatic rings. The van der Waals surface area contributed by atoms with Gasteiger partial charge in [-0.3, -0.25) is 4.99 Å². The van der Waals surface area contributed by atoms with Crippen molar-refractivity contribution in [3.8, 4) is 5.75 Å². The summed E-state index contributed by atoms with van der Waals surface area (Å²) < 4.78 is 0. The number of hydrogen-bond acceptors (Lipinski definition) is 3. The summed E-state index contributed by atoms with van der Waals surface area (Å²) in [6.07, 6.45) is 3.68. The molecule has 2 rings (SSSR count). The number of nitrogens with zero attached hydrogens (tertiary/aromatic N) is 3. The molecule has 0 radical (unpaired) electrons. The molecule has 0 amide bonds. The van der Waals surface area contributed by atoms with Crippen LogP contribution in [0.15, 0.2) is 29.3 Å². The molecule has 0 atom stereocenters. The van der Waals surface area contributed by atoms with Gasteiger partial charge in [-0.1, -0.05) is 31.9 Å². The Morgan fingerprint density at radius 3 is 2.48 bits per heavy atom. The number of benzene rings is 1. The quantitative estimate of drug-likeness (QED) is 0.325. The molecule has 23 heavy (non-hydrogen) atoms. The van der Waals surface area contributed by atoms with Crippen molar-refractivity contribution in [2.24, 2.45) is 4.99 Å². The van der Waals surface area contributed by atoms with Crippen molar-refractivity contribution in [1.29, 1.82) is 0 Å². The van der Waals surface area contributed by atoms with Crippen molar-refractivity contribution in [3.05, 3.63) is 24.3 Å². The lowest BCUT2D eigenvalue weighted by atomic mass is 10.2. The number of unbranched alkanes of at least 4 members (excludes halogenated alkanes) is 2. The van der Waals surface area contributed by atoms with Gasteiger partial charge in [-0.15, -0.1) is 24.0 Å². The van der Waals surface area contributed by atoms with Crippen LogP contribution in [0.2, 0.25) is 0 Å². The molecule has 1 heterocycles. The van der Waals surface area contributed by atoms with Gasteiger partial charge in [0.2, 0.25) is 0 Å². The van der Waals surface area contributed by atoms with E-state index in [-0.39, 0.29) is 24.0 Å². The smallest absolute Gasteiger partial charge is 0.193 e. The Hall–Kier alpha value is -1.18. The molecule has 5 nitrogen and oxygen atoms in total. The van der Waals surface area contributed by atoms with Crippen LogP contribution in [-0.4, -0.2) is 55.7 Å². The number of hydrogen-bond donors (Lipinski definition) is 2. The highest BCUT2D eigenvalue weighted by Gasteiger charge is 2.20. The highest BCUT2D eigenvalue weighted by molar-refractivity contribution is 14.0. The number of para-hydroxylation sites is 2. The largest absolute Gasteiger partial charge is 0.506 e. The molecule has 1 saturated heterocycles. The third kappa shape index (κ3) is 5.75. The van der Waals surface area contributed by atoms with Gasteiger partial charge in [0.25, 0.3) is 0 Å². The monoisotopic (exact) mass is 432 g/mol. The Kier molecular flexibility index (Phi) is 9.13. The average molecular weight is 432 g/mol.